The molecule has 2 rings (SSSR count). The third kappa shape index (κ3) is 4.97. The summed E-state index contributed by atoms with van der Waals surface area (Å²) >= 11 is 15.3. The van der Waals surface area contributed by atoms with Crippen molar-refractivity contribution in [3.63, 3.8) is 0 Å². The van der Waals surface area contributed by atoms with Crippen LogP contribution < -0.4 is 5.32 Å². The van der Waals surface area contributed by atoms with Crippen molar-refractivity contribution in [2.24, 2.45) is 0 Å². The maximum absolute atomic E-state index is 12.4. The van der Waals surface area contributed by atoms with Crippen LogP contribution in [0.2, 0.25) is 10.0 Å². The first-order valence-electron chi connectivity index (χ1n) is 6.99. The Balaban J connectivity index is 2.19. The van der Waals surface area contributed by atoms with Gasteiger partial charge in [-0.3, -0.25) is 4.79 Å². The Kier molecular flexibility index (Phi) is 6.66. The van der Waals surface area contributed by atoms with E-state index >= 15 is 0 Å². The highest BCUT2D eigenvalue weighted by atomic mass is 79.9. The minimum absolute atomic E-state index is 0.197. The van der Waals surface area contributed by atoms with Crippen molar-refractivity contribution in [3.8, 4) is 0 Å². The van der Waals surface area contributed by atoms with E-state index in [1.807, 2.05) is 6.07 Å². The van der Waals surface area contributed by atoms with Gasteiger partial charge in [0, 0.05) is 26.5 Å². The maximum Gasteiger partial charge on any atom is 0.328 e. The van der Waals surface area contributed by atoms with Gasteiger partial charge in [-0.25, -0.2) is 4.79 Å². The van der Waals surface area contributed by atoms with E-state index in [0.717, 1.165) is 4.47 Å². The van der Waals surface area contributed by atoms with Crippen LogP contribution in [0.25, 0.3) is 0 Å². The summed E-state index contributed by atoms with van der Waals surface area (Å²) in [5, 5.41) is 3.60. The van der Waals surface area contributed by atoms with E-state index in [2.05, 4.69) is 21.2 Å². The number of methoxy groups -OCH3 is 1. The molecule has 0 radical (unpaired) electrons. The predicted octanol–water partition coefficient (Wildman–Crippen LogP) is 4.27. The summed E-state index contributed by atoms with van der Waals surface area (Å²) in [6.07, 6.45) is 0.197. The molecular weight excluding hydrogens is 417 g/mol. The summed E-state index contributed by atoms with van der Waals surface area (Å²) in [7, 11) is 1.27. The lowest BCUT2D eigenvalue weighted by molar-refractivity contribution is -0.142. The Morgan fingerprint density at radius 1 is 1.21 bits per heavy atom. The first-order chi connectivity index (χ1) is 11.4. The van der Waals surface area contributed by atoms with Gasteiger partial charge in [0.15, 0.2) is 0 Å². The van der Waals surface area contributed by atoms with Crippen molar-refractivity contribution in [3.05, 3.63) is 68.1 Å². The summed E-state index contributed by atoms with van der Waals surface area (Å²) in [6.45, 7) is 0. The van der Waals surface area contributed by atoms with Crippen LogP contribution in [0.5, 0.6) is 0 Å². The molecule has 0 saturated heterocycles. The van der Waals surface area contributed by atoms with Crippen LogP contribution in [-0.2, 0) is 16.0 Å². The Hall–Kier alpha value is -1.56. The molecule has 24 heavy (non-hydrogen) atoms. The molecule has 2 aromatic rings. The summed E-state index contributed by atoms with van der Waals surface area (Å²) < 4.78 is 5.55. The highest BCUT2D eigenvalue weighted by Crippen LogP contribution is 2.22. The molecule has 0 aromatic heterocycles. The molecule has 4 nitrogen and oxygen atoms in total. The first-order valence-corrected chi connectivity index (χ1v) is 8.54. The van der Waals surface area contributed by atoms with Crippen molar-refractivity contribution in [1.82, 2.24) is 5.32 Å². The highest BCUT2D eigenvalue weighted by molar-refractivity contribution is 9.10. The van der Waals surface area contributed by atoms with Crippen molar-refractivity contribution < 1.29 is 14.3 Å². The molecule has 126 valence electrons. The molecular formula is C17H14BrCl2NO3. The maximum atomic E-state index is 12.4. The fourth-order valence-electron chi connectivity index (χ4n) is 2.11. The van der Waals surface area contributed by atoms with Gasteiger partial charge in [-0.15, -0.1) is 0 Å². The number of esters is 1. The van der Waals surface area contributed by atoms with Crippen LogP contribution in [0, 0.1) is 0 Å². The second-order valence-electron chi connectivity index (χ2n) is 5.00. The number of carbonyl (C=O) groups is 2. The molecule has 1 N–H and O–H groups in total. The van der Waals surface area contributed by atoms with Crippen molar-refractivity contribution >= 4 is 51.0 Å². The van der Waals surface area contributed by atoms with Gasteiger partial charge in [0.05, 0.1) is 7.11 Å². The monoisotopic (exact) mass is 429 g/mol. The summed E-state index contributed by atoms with van der Waals surface area (Å²) in [5.41, 5.74) is 1.12. The lowest BCUT2D eigenvalue weighted by Crippen LogP contribution is -2.43. The zero-order valence-electron chi connectivity index (χ0n) is 12.7. The van der Waals surface area contributed by atoms with Crippen molar-refractivity contribution in [2.75, 3.05) is 7.11 Å². The Morgan fingerprint density at radius 3 is 2.58 bits per heavy atom. The zero-order chi connectivity index (χ0) is 17.7. The van der Waals surface area contributed by atoms with Crippen molar-refractivity contribution in [2.45, 2.75) is 12.5 Å². The van der Waals surface area contributed by atoms with Gasteiger partial charge in [0.25, 0.3) is 5.91 Å². The predicted molar refractivity (Wildman–Crippen MR) is 97.6 cm³/mol. The number of halogens is 3. The highest BCUT2D eigenvalue weighted by Gasteiger charge is 2.23. The quantitative estimate of drug-likeness (QED) is 0.720. The summed E-state index contributed by atoms with van der Waals surface area (Å²) in [4.78, 5) is 24.4. The molecule has 7 heteroatoms. The lowest BCUT2D eigenvalue weighted by atomic mass is 10.1. The third-order valence-corrected chi connectivity index (χ3v) is 4.40. The number of amides is 1. The van der Waals surface area contributed by atoms with Crippen LogP contribution in [0.15, 0.2) is 46.9 Å². The molecule has 0 saturated carbocycles. The smallest absolute Gasteiger partial charge is 0.328 e. The van der Waals surface area contributed by atoms with Crippen LogP contribution in [0.1, 0.15) is 15.9 Å². The van der Waals surface area contributed by atoms with E-state index in [1.165, 1.54) is 7.11 Å². The largest absolute Gasteiger partial charge is 0.467 e. The molecule has 2 aromatic carbocycles. The number of hydrogen-bond donors (Lipinski definition) is 1. The molecule has 0 unspecified atom stereocenters. The second kappa shape index (κ2) is 8.51. The molecule has 1 amide bonds. The van der Waals surface area contributed by atoms with Gasteiger partial charge in [0.2, 0.25) is 0 Å². The number of nitrogens with one attached hydrogen (secondary N) is 1. The van der Waals surface area contributed by atoms with Gasteiger partial charge in [-0.1, -0.05) is 51.3 Å². The van der Waals surface area contributed by atoms with Crippen LogP contribution in [0.3, 0.4) is 0 Å². The molecule has 0 aliphatic heterocycles. The second-order valence-corrected chi connectivity index (χ2v) is 6.76. The average molecular weight is 431 g/mol. The Labute approximate surface area is 158 Å². The first kappa shape index (κ1) is 18.8. The van der Waals surface area contributed by atoms with E-state index in [4.69, 9.17) is 27.9 Å². The van der Waals surface area contributed by atoms with Crippen LogP contribution >= 0.6 is 39.1 Å². The van der Waals surface area contributed by atoms with E-state index < -0.39 is 12.0 Å². The summed E-state index contributed by atoms with van der Waals surface area (Å²) in [6, 6.07) is 11.0. The van der Waals surface area contributed by atoms with E-state index in [0.29, 0.717) is 21.2 Å². The van der Waals surface area contributed by atoms with Gasteiger partial charge in [0.1, 0.15) is 6.04 Å². The SMILES string of the molecule is COC(=O)[C@H](Cc1ccc(Cl)cc1Cl)NC(=O)c1cccc(Br)c1. The van der Waals surface area contributed by atoms with Crippen molar-refractivity contribution in [1.29, 1.82) is 0 Å². The topological polar surface area (TPSA) is 55.4 Å². The van der Waals surface area contributed by atoms with Gasteiger partial charge in [-0.05, 0) is 35.9 Å². The number of hydrogen-bond acceptors (Lipinski definition) is 3. The molecule has 0 aliphatic carbocycles. The fourth-order valence-corrected chi connectivity index (χ4v) is 3.00. The fraction of sp³-hybridized carbons (Fsp3) is 0.176. The molecule has 0 aliphatic rings. The Morgan fingerprint density at radius 2 is 1.96 bits per heavy atom. The minimum Gasteiger partial charge on any atom is -0.467 e. The number of carbonyl (C=O) groups excluding carboxylic acids is 2. The number of rotatable bonds is 5. The molecule has 0 fully saturated rings. The standard InChI is InChI=1S/C17H14BrCl2NO3/c1-24-17(23)15(8-10-5-6-13(19)9-14(10)20)21-16(22)11-3-2-4-12(18)7-11/h2-7,9,15H,8H2,1H3,(H,21,22)/t15-/m0/s1. The van der Waals surface area contributed by atoms with E-state index in [-0.39, 0.29) is 12.3 Å². The molecule has 0 bridgehead atoms. The zero-order valence-corrected chi connectivity index (χ0v) is 15.8. The normalized spacial score (nSPS) is 11.7. The van der Waals surface area contributed by atoms with Gasteiger partial charge >= 0.3 is 5.97 Å². The third-order valence-electron chi connectivity index (χ3n) is 3.32. The van der Waals surface area contributed by atoms with E-state index in [9.17, 15) is 9.59 Å². The van der Waals surface area contributed by atoms with Gasteiger partial charge in [-0.2, -0.15) is 0 Å². The van der Waals surface area contributed by atoms with Gasteiger partial charge < -0.3 is 10.1 Å². The summed E-state index contributed by atoms with van der Waals surface area (Å²) in [5.74, 6) is -0.929. The number of benzene rings is 2. The van der Waals surface area contributed by atoms with Crippen LogP contribution in [0.4, 0.5) is 0 Å². The molecule has 0 heterocycles. The average Bonchev–Trinajstić information content (AvgIpc) is 2.55. The molecule has 0 spiro atoms. The lowest BCUT2D eigenvalue weighted by Gasteiger charge is -2.17. The number of ether oxygens (including phenoxy) is 1. The minimum atomic E-state index is -0.861. The molecule has 1 atom stereocenters. The Bertz CT molecular complexity index is 767. The van der Waals surface area contributed by atoms with E-state index in [1.54, 1.807) is 36.4 Å². The van der Waals surface area contributed by atoms with Crippen LogP contribution in [-0.4, -0.2) is 25.0 Å².